The molecule has 1 aliphatic carbocycles. The molecule has 2 unspecified atom stereocenters. The summed E-state index contributed by atoms with van der Waals surface area (Å²) in [5.74, 6) is 0. The number of halogens is 1. The second-order valence-electron chi connectivity index (χ2n) is 6.36. The van der Waals surface area contributed by atoms with E-state index in [1.807, 2.05) is 18.5 Å². The van der Waals surface area contributed by atoms with E-state index in [1.54, 1.807) is 0 Å². The second-order valence-corrected chi connectivity index (χ2v) is 6.80. The Kier molecular flexibility index (Phi) is 3.35. The van der Waals surface area contributed by atoms with Gasteiger partial charge in [-0.15, -0.1) is 0 Å². The zero-order valence-electron chi connectivity index (χ0n) is 12.1. The van der Waals surface area contributed by atoms with E-state index >= 15 is 0 Å². The van der Waals surface area contributed by atoms with Crippen LogP contribution in [-0.4, -0.2) is 10.2 Å². The Balaban J connectivity index is 1.90. The standard InChI is InChI=1S/C16H20ClN3/c1-10(12-8-18-19-9-12)20-15-14-6-13(17)5-4-11(14)7-16(15,2)3/h4-6,8-10,15,20H,7H2,1-3H3,(H,18,19). The minimum atomic E-state index is 0.186. The number of fused-ring (bicyclic) bond motifs is 1. The van der Waals surface area contributed by atoms with Gasteiger partial charge in [0.05, 0.1) is 6.20 Å². The second kappa shape index (κ2) is 4.90. The Morgan fingerprint density at radius 1 is 1.45 bits per heavy atom. The lowest BCUT2D eigenvalue weighted by Gasteiger charge is -2.31. The highest BCUT2D eigenvalue weighted by Gasteiger charge is 2.39. The van der Waals surface area contributed by atoms with E-state index in [1.165, 1.54) is 16.7 Å². The number of aromatic amines is 1. The first kappa shape index (κ1) is 13.7. The molecule has 0 fully saturated rings. The molecular weight excluding hydrogens is 270 g/mol. The predicted octanol–water partition coefficient (Wildman–Crippen LogP) is 4.04. The highest BCUT2D eigenvalue weighted by molar-refractivity contribution is 6.30. The van der Waals surface area contributed by atoms with Crippen molar-refractivity contribution >= 4 is 11.6 Å². The zero-order valence-corrected chi connectivity index (χ0v) is 12.8. The third kappa shape index (κ3) is 2.36. The van der Waals surface area contributed by atoms with Crippen molar-refractivity contribution < 1.29 is 0 Å². The first-order valence-electron chi connectivity index (χ1n) is 7.00. The molecule has 0 bridgehead atoms. The van der Waals surface area contributed by atoms with Crippen LogP contribution in [0, 0.1) is 5.41 Å². The predicted molar refractivity (Wildman–Crippen MR) is 81.8 cm³/mol. The third-order valence-corrected chi connectivity index (χ3v) is 4.52. The van der Waals surface area contributed by atoms with Gasteiger partial charge in [-0.25, -0.2) is 0 Å². The average Bonchev–Trinajstić information content (AvgIpc) is 2.98. The molecule has 3 nitrogen and oxygen atoms in total. The summed E-state index contributed by atoms with van der Waals surface area (Å²) in [7, 11) is 0. The van der Waals surface area contributed by atoms with E-state index in [0.29, 0.717) is 6.04 Å². The van der Waals surface area contributed by atoms with E-state index < -0.39 is 0 Å². The van der Waals surface area contributed by atoms with Gasteiger partial charge in [-0.05, 0) is 42.0 Å². The molecule has 1 aromatic carbocycles. The van der Waals surface area contributed by atoms with Gasteiger partial charge >= 0.3 is 0 Å². The van der Waals surface area contributed by atoms with Crippen molar-refractivity contribution in [3.8, 4) is 0 Å². The summed E-state index contributed by atoms with van der Waals surface area (Å²) in [5.41, 5.74) is 4.09. The molecule has 0 aliphatic heterocycles. The molecule has 0 spiro atoms. The molecular formula is C16H20ClN3. The van der Waals surface area contributed by atoms with Crippen molar-refractivity contribution in [1.82, 2.24) is 15.5 Å². The molecule has 0 radical (unpaired) electrons. The Morgan fingerprint density at radius 3 is 2.95 bits per heavy atom. The summed E-state index contributed by atoms with van der Waals surface area (Å²) < 4.78 is 0. The number of rotatable bonds is 3. The molecule has 1 aromatic heterocycles. The van der Waals surface area contributed by atoms with Gasteiger partial charge < -0.3 is 5.32 Å². The minimum Gasteiger partial charge on any atom is -0.303 e. The summed E-state index contributed by atoms with van der Waals surface area (Å²) in [6, 6.07) is 6.80. The normalized spacial score (nSPS) is 21.7. The highest BCUT2D eigenvalue weighted by atomic mass is 35.5. The van der Waals surface area contributed by atoms with Crippen LogP contribution in [0.2, 0.25) is 5.02 Å². The molecule has 2 atom stereocenters. The van der Waals surface area contributed by atoms with Crippen molar-refractivity contribution in [3.63, 3.8) is 0 Å². The van der Waals surface area contributed by atoms with Crippen molar-refractivity contribution in [2.45, 2.75) is 39.3 Å². The first-order valence-corrected chi connectivity index (χ1v) is 7.38. The fourth-order valence-corrected chi connectivity index (χ4v) is 3.35. The maximum absolute atomic E-state index is 6.18. The molecule has 3 rings (SSSR count). The minimum absolute atomic E-state index is 0.186. The molecule has 0 saturated heterocycles. The van der Waals surface area contributed by atoms with E-state index in [0.717, 1.165) is 11.4 Å². The van der Waals surface area contributed by atoms with Gasteiger partial charge in [-0.3, -0.25) is 5.10 Å². The lowest BCUT2D eigenvalue weighted by Crippen LogP contribution is -2.32. The van der Waals surface area contributed by atoms with Gasteiger partial charge in [0.15, 0.2) is 0 Å². The number of benzene rings is 1. The Hall–Kier alpha value is -1.32. The van der Waals surface area contributed by atoms with E-state index in [9.17, 15) is 0 Å². The summed E-state index contributed by atoms with van der Waals surface area (Å²) in [6.45, 7) is 6.78. The van der Waals surface area contributed by atoms with Gasteiger partial charge in [0.25, 0.3) is 0 Å². The van der Waals surface area contributed by atoms with Crippen LogP contribution < -0.4 is 5.32 Å². The molecule has 1 aliphatic rings. The molecule has 4 heteroatoms. The number of nitrogens with zero attached hydrogens (tertiary/aromatic N) is 1. The lowest BCUT2D eigenvalue weighted by atomic mass is 9.85. The molecule has 20 heavy (non-hydrogen) atoms. The summed E-state index contributed by atoms with van der Waals surface area (Å²) >= 11 is 6.18. The number of nitrogens with one attached hydrogen (secondary N) is 2. The molecule has 2 aromatic rings. The highest BCUT2D eigenvalue weighted by Crippen LogP contribution is 2.46. The van der Waals surface area contributed by atoms with Crippen molar-refractivity contribution in [2.75, 3.05) is 0 Å². The summed E-state index contributed by atoms with van der Waals surface area (Å²) in [4.78, 5) is 0. The lowest BCUT2D eigenvalue weighted by molar-refractivity contribution is 0.252. The third-order valence-electron chi connectivity index (χ3n) is 4.28. The van der Waals surface area contributed by atoms with Crippen LogP contribution in [0.4, 0.5) is 0 Å². The smallest absolute Gasteiger partial charge is 0.0534 e. The van der Waals surface area contributed by atoms with Crippen LogP contribution >= 0.6 is 11.6 Å². The largest absolute Gasteiger partial charge is 0.303 e. The maximum atomic E-state index is 6.18. The number of hydrogen-bond acceptors (Lipinski definition) is 2. The Bertz CT molecular complexity index is 604. The average molecular weight is 290 g/mol. The summed E-state index contributed by atoms with van der Waals surface area (Å²) in [6.07, 6.45) is 4.90. The van der Waals surface area contributed by atoms with Crippen LogP contribution in [-0.2, 0) is 6.42 Å². The molecule has 2 N–H and O–H groups in total. The molecule has 1 heterocycles. The number of H-pyrrole nitrogens is 1. The Labute approximate surface area is 124 Å². The quantitative estimate of drug-likeness (QED) is 0.895. The van der Waals surface area contributed by atoms with Gasteiger partial charge in [0.2, 0.25) is 0 Å². The van der Waals surface area contributed by atoms with Crippen molar-refractivity contribution in [1.29, 1.82) is 0 Å². The van der Waals surface area contributed by atoms with Crippen LogP contribution in [0.5, 0.6) is 0 Å². The van der Waals surface area contributed by atoms with Crippen LogP contribution in [0.15, 0.2) is 30.6 Å². The van der Waals surface area contributed by atoms with Crippen LogP contribution in [0.1, 0.15) is 49.5 Å². The van der Waals surface area contributed by atoms with E-state index in [2.05, 4.69) is 48.4 Å². The van der Waals surface area contributed by atoms with Crippen LogP contribution in [0.3, 0.4) is 0 Å². The van der Waals surface area contributed by atoms with Crippen molar-refractivity contribution in [3.05, 3.63) is 52.3 Å². The van der Waals surface area contributed by atoms with Gasteiger partial charge in [-0.1, -0.05) is 31.5 Å². The molecule has 0 saturated carbocycles. The van der Waals surface area contributed by atoms with E-state index in [4.69, 9.17) is 11.6 Å². The monoisotopic (exact) mass is 289 g/mol. The maximum Gasteiger partial charge on any atom is 0.0534 e. The van der Waals surface area contributed by atoms with Gasteiger partial charge in [0, 0.05) is 28.9 Å². The van der Waals surface area contributed by atoms with E-state index in [-0.39, 0.29) is 11.5 Å². The summed E-state index contributed by atoms with van der Waals surface area (Å²) in [5, 5.41) is 11.4. The van der Waals surface area contributed by atoms with Crippen LogP contribution in [0.25, 0.3) is 0 Å². The number of hydrogen-bond donors (Lipinski definition) is 2. The topological polar surface area (TPSA) is 40.7 Å². The van der Waals surface area contributed by atoms with Crippen molar-refractivity contribution in [2.24, 2.45) is 5.41 Å². The van der Waals surface area contributed by atoms with Gasteiger partial charge in [-0.2, -0.15) is 5.10 Å². The van der Waals surface area contributed by atoms with Gasteiger partial charge in [0.1, 0.15) is 0 Å². The Morgan fingerprint density at radius 2 is 2.25 bits per heavy atom. The first-order chi connectivity index (χ1) is 9.47. The number of aromatic nitrogens is 2. The zero-order chi connectivity index (χ0) is 14.3. The molecule has 106 valence electrons. The fraction of sp³-hybridized carbons (Fsp3) is 0.438. The molecule has 0 amide bonds. The SMILES string of the molecule is CC(NC1c2cc(Cl)ccc2CC1(C)C)c1cn[nH]c1. The fourth-order valence-electron chi connectivity index (χ4n) is 3.17.